The molecular formula is C21H26N2O4S. The summed E-state index contributed by atoms with van der Waals surface area (Å²) >= 11 is 1.29. The largest absolute Gasteiger partial charge is 0.493 e. The zero-order valence-corrected chi connectivity index (χ0v) is 17.5. The van der Waals surface area contributed by atoms with Gasteiger partial charge in [-0.15, -0.1) is 11.8 Å². The smallest absolute Gasteiger partial charge is 0.236 e. The number of hydrogen-bond donors (Lipinski definition) is 1. The number of benzene rings is 2. The van der Waals surface area contributed by atoms with Gasteiger partial charge in [0.05, 0.1) is 25.7 Å². The van der Waals surface area contributed by atoms with E-state index in [0.717, 1.165) is 11.3 Å². The lowest BCUT2D eigenvalue weighted by molar-refractivity contribution is -0.116. The number of aryl methyl sites for hydroxylation is 1. The lowest BCUT2D eigenvalue weighted by Gasteiger charge is -2.21. The molecule has 0 aromatic heterocycles. The van der Waals surface area contributed by atoms with E-state index >= 15 is 0 Å². The van der Waals surface area contributed by atoms with Crippen molar-refractivity contribution in [1.82, 2.24) is 0 Å². The zero-order valence-electron chi connectivity index (χ0n) is 16.7. The van der Waals surface area contributed by atoms with Gasteiger partial charge in [0, 0.05) is 24.0 Å². The molecule has 7 heteroatoms. The summed E-state index contributed by atoms with van der Waals surface area (Å²) in [6, 6.07) is 13.0. The molecule has 0 aliphatic heterocycles. The molecule has 0 saturated carbocycles. The summed E-state index contributed by atoms with van der Waals surface area (Å²) in [5.74, 6) is 1.36. The van der Waals surface area contributed by atoms with Crippen LogP contribution < -0.4 is 19.7 Å². The Morgan fingerprint density at radius 2 is 1.79 bits per heavy atom. The standard InChI is InChI=1S/C21H26N2O4S/c1-5-23(17-8-6-7-15(2)11-17)21(25)14-28-13-20(24)22-16-9-10-18(26-3)19(12-16)27-4/h6-12H,5,13-14H2,1-4H3,(H,22,24). The van der Waals surface area contributed by atoms with Crippen LogP contribution in [-0.2, 0) is 9.59 Å². The van der Waals surface area contributed by atoms with E-state index in [1.54, 1.807) is 37.3 Å². The molecular weight excluding hydrogens is 376 g/mol. The van der Waals surface area contributed by atoms with Crippen molar-refractivity contribution in [3.63, 3.8) is 0 Å². The van der Waals surface area contributed by atoms with E-state index in [-0.39, 0.29) is 23.3 Å². The van der Waals surface area contributed by atoms with Crippen LogP contribution in [0.15, 0.2) is 42.5 Å². The topological polar surface area (TPSA) is 67.9 Å². The Morgan fingerprint density at radius 3 is 2.43 bits per heavy atom. The number of methoxy groups -OCH3 is 2. The Hall–Kier alpha value is -2.67. The Labute approximate surface area is 170 Å². The van der Waals surface area contributed by atoms with Gasteiger partial charge in [-0.2, -0.15) is 0 Å². The Kier molecular flexibility index (Phi) is 8.19. The van der Waals surface area contributed by atoms with Crippen LogP contribution in [0.5, 0.6) is 11.5 Å². The molecule has 0 aliphatic rings. The Balaban J connectivity index is 1.86. The average Bonchev–Trinajstić information content (AvgIpc) is 2.68. The predicted molar refractivity (Wildman–Crippen MR) is 115 cm³/mol. The predicted octanol–water partition coefficient (Wildman–Crippen LogP) is 3.74. The van der Waals surface area contributed by atoms with Crippen LogP contribution in [0.2, 0.25) is 0 Å². The normalized spacial score (nSPS) is 10.3. The molecule has 2 aromatic rings. The first-order valence-corrected chi connectivity index (χ1v) is 10.1. The summed E-state index contributed by atoms with van der Waals surface area (Å²) in [6.07, 6.45) is 0. The first-order chi connectivity index (χ1) is 13.5. The van der Waals surface area contributed by atoms with Crippen LogP contribution in [0.1, 0.15) is 12.5 Å². The molecule has 2 amide bonds. The highest BCUT2D eigenvalue weighted by Crippen LogP contribution is 2.29. The lowest BCUT2D eigenvalue weighted by Crippen LogP contribution is -2.32. The van der Waals surface area contributed by atoms with Crippen LogP contribution in [0.25, 0.3) is 0 Å². The zero-order chi connectivity index (χ0) is 20.5. The molecule has 2 aromatic carbocycles. The van der Waals surface area contributed by atoms with Gasteiger partial charge in [0.15, 0.2) is 11.5 Å². The Bertz CT molecular complexity index is 826. The fourth-order valence-electron chi connectivity index (χ4n) is 2.72. The molecule has 0 spiro atoms. The molecule has 150 valence electrons. The van der Waals surface area contributed by atoms with E-state index in [4.69, 9.17) is 9.47 Å². The maximum Gasteiger partial charge on any atom is 0.236 e. The van der Waals surface area contributed by atoms with Crippen molar-refractivity contribution in [1.29, 1.82) is 0 Å². The van der Waals surface area contributed by atoms with Crippen molar-refractivity contribution in [3.8, 4) is 11.5 Å². The van der Waals surface area contributed by atoms with E-state index in [1.165, 1.54) is 11.8 Å². The maximum atomic E-state index is 12.5. The van der Waals surface area contributed by atoms with Gasteiger partial charge >= 0.3 is 0 Å². The number of nitrogens with zero attached hydrogens (tertiary/aromatic N) is 1. The lowest BCUT2D eigenvalue weighted by atomic mass is 10.2. The van der Waals surface area contributed by atoms with Gasteiger partial charge in [0.1, 0.15) is 0 Å². The number of nitrogens with one attached hydrogen (secondary N) is 1. The second kappa shape index (κ2) is 10.6. The average molecular weight is 403 g/mol. The molecule has 28 heavy (non-hydrogen) atoms. The summed E-state index contributed by atoms with van der Waals surface area (Å²) in [4.78, 5) is 26.4. The molecule has 1 N–H and O–H groups in total. The van der Waals surface area contributed by atoms with Crippen molar-refractivity contribution < 1.29 is 19.1 Å². The summed E-state index contributed by atoms with van der Waals surface area (Å²) in [6.45, 7) is 4.52. The molecule has 0 saturated heterocycles. The molecule has 6 nitrogen and oxygen atoms in total. The maximum absolute atomic E-state index is 12.5. The second-order valence-electron chi connectivity index (χ2n) is 6.09. The van der Waals surface area contributed by atoms with Crippen molar-refractivity contribution in [2.24, 2.45) is 0 Å². The van der Waals surface area contributed by atoms with Gasteiger partial charge in [0.2, 0.25) is 11.8 Å². The molecule has 0 atom stereocenters. The highest BCUT2D eigenvalue weighted by atomic mass is 32.2. The van der Waals surface area contributed by atoms with Crippen LogP contribution in [0.4, 0.5) is 11.4 Å². The number of thioether (sulfide) groups is 1. The highest BCUT2D eigenvalue weighted by molar-refractivity contribution is 8.00. The number of rotatable bonds is 9. The summed E-state index contributed by atoms with van der Waals surface area (Å²) in [7, 11) is 3.10. The molecule has 0 unspecified atom stereocenters. The summed E-state index contributed by atoms with van der Waals surface area (Å²) < 4.78 is 10.4. The van der Waals surface area contributed by atoms with E-state index in [2.05, 4.69) is 5.32 Å². The number of hydrogen-bond acceptors (Lipinski definition) is 5. The van der Waals surface area contributed by atoms with Crippen molar-refractivity contribution in [2.75, 3.05) is 42.5 Å². The van der Waals surface area contributed by atoms with E-state index < -0.39 is 0 Å². The minimum Gasteiger partial charge on any atom is -0.493 e. The van der Waals surface area contributed by atoms with Crippen LogP contribution in [0, 0.1) is 6.92 Å². The third-order valence-corrected chi connectivity index (χ3v) is 4.97. The third-order valence-electron chi connectivity index (χ3n) is 4.06. The van der Waals surface area contributed by atoms with Crippen LogP contribution >= 0.6 is 11.8 Å². The minimum absolute atomic E-state index is 0.0167. The second-order valence-corrected chi connectivity index (χ2v) is 7.07. The molecule has 0 heterocycles. The van der Waals surface area contributed by atoms with Gasteiger partial charge in [-0.05, 0) is 43.7 Å². The van der Waals surface area contributed by atoms with Gasteiger partial charge in [-0.3, -0.25) is 9.59 Å². The van der Waals surface area contributed by atoms with E-state index in [9.17, 15) is 9.59 Å². The van der Waals surface area contributed by atoms with Crippen LogP contribution in [-0.4, -0.2) is 44.1 Å². The molecule has 0 aliphatic carbocycles. The monoisotopic (exact) mass is 402 g/mol. The van der Waals surface area contributed by atoms with Gasteiger partial charge in [-0.25, -0.2) is 0 Å². The SMILES string of the molecule is CCN(C(=O)CSCC(=O)Nc1ccc(OC)c(OC)c1)c1cccc(C)c1. The van der Waals surface area contributed by atoms with Gasteiger partial charge in [-0.1, -0.05) is 12.1 Å². The van der Waals surface area contributed by atoms with E-state index in [0.29, 0.717) is 23.7 Å². The van der Waals surface area contributed by atoms with Crippen molar-refractivity contribution in [2.45, 2.75) is 13.8 Å². The highest BCUT2D eigenvalue weighted by Gasteiger charge is 2.15. The summed E-state index contributed by atoms with van der Waals surface area (Å²) in [5.41, 5.74) is 2.60. The first-order valence-electron chi connectivity index (χ1n) is 8.95. The fourth-order valence-corrected chi connectivity index (χ4v) is 3.41. The van der Waals surface area contributed by atoms with Crippen molar-refractivity contribution >= 4 is 35.0 Å². The quantitative estimate of drug-likeness (QED) is 0.692. The number of anilines is 2. The minimum atomic E-state index is -0.177. The third kappa shape index (κ3) is 5.92. The number of amides is 2. The van der Waals surface area contributed by atoms with E-state index in [1.807, 2.05) is 38.1 Å². The number of carbonyl (C=O) groups is 2. The molecule has 2 rings (SSSR count). The number of carbonyl (C=O) groups excluding carboxylic acids is 2. The van der Waals surface area contributed by atoms with Gasteiger partial charge in [0.25, 0.3) is 0 Å². The summed E-state index contributed by atoms with van der Waals surface area (Å²) in [5, 5.41) is 2.80. The first kappa shape index (κ1) is 21.6. The van der Waals surface area contributed by atoms with Crippen LogP contribution in [0.3, 0.4) is 0 Å². The molecule has 0 bridgehead atoms. The molecule has 0 fully saturated rings. The fraction of sp³-hybridized carbons (Fsp3) is 0.333. The molecule has 0 radical (unpaired) electrons. The Morgan fingerprint density at radius 1 is 1.04 bits per heavy atom. The van der Waals surface area contributed by atoms with Gasteiger partial charge < -0.3 is 19.7 Å². The number of ether oxygens (including phenoxy) is 2. The van der Waals surface area contributed by atoms with Crippen molar-refractivity contribution in [3.05, 3.63) is 48.0 Å².